The molecular formula is C16H13ClO3. The highest BCUT2D eigenvalue weighted by molar-refractivity contribution is 6.30. The average molecular weight is 289 g/mol. The molecule has 0 fully saturated rings. The lowest BCUT2D eigenvalue weighted by Crippen LogP contribution is -2.15. The molecule has 0 aliphatic rings. The molecule has 0 amide bonds. The van der Waals surface area contributed by atoms with Gasteiger partial charge in [0, 0.05) is 10.6 Å². The quantitative estimate of drug-likeness (QED) is 0.626. The van der Waals surface area contributed by atoms with Crippen LogP contribution in [0.25, 0.3) is 0 Å². The Balaban J connectivity index is 1.83. The van der Waals surface area contributed by atoms with Crippen molar-refractivity contribution in [2.75, 3.05) is 6.61 Å². The molecule has 2 rings (SSSR count). The number of Topliss-reactive ketones (excluding diaryl/α,β-unsaturated/α-hetero) is 1. The molecule has 2 aromatic rings. The van der Waals surface area contributed by atoms with Crippen molar-refractivity contribution in [2.24, 2.45) is 0 Å². The van der Waals surface area contributed by atoms with Gasteiger partial charge in [-0.2, -0.15) is 0 Å². The van der Waals surface area contributed by atoms with E-state index in [1.807, 2.05) is 6.07 Å². The SMILES string of the molecule is O=C(Cc1ccc(Cl)cc1)OCC(=O)c1ccccc1. The molecular weight excluding hydrogens is 276 g/mol. The van der Waals surface area contributed by atoms with Crippen molar-refractivity contribution < 1.29 is 14.3 Å². The first-order valence-electron chi connectivity index (χ1n) is 6.13. The van der Waals surface area contributed by atoms with E-state index in [9.17, 15) is 9.59 Å². The number of rotatable bonds is 5. The summed E-state index contributed by atoms with van der Waals surface area (Å²) in [5, 5.41) is 0.612. The number of ketones is 1. The van der Waals surface area contributed by atoms with E-state index in [4.69, 9.17) is 16.3 Å². The standard InChI is InChI=1S/C16H13ClO3/c17-14-8-6-12(7-9-14)10-16(19)20-11-15(18)13-4-2-1-3-5-13/h1-9H,10-11H2. The molecule has 2 aromatic carbocycles. The number of esters is 1. The van der Waals surface area contributed by atoms with Gasteiger partial charge < -0.3 is 4.74 Å². The summed E-state index contributed by atoms with van der Waals surface area (Å²) in [5.74, 6) is -0.647. The van der Waals surface area contributed by atoms with E-state index < -0.39 is 5.97 Å². The molecule has 0 unspecified atom stereocenters. The second-order valence-corrected chi connectivity index (χ2v) is 4.69. The molecule has 102 valence electrons. The smallest absolute Gasteiger partial charge is 0.310 e. The fraction of sp³-hybridized carbons (Fsp3) is 0.125. The molecule has 0 radical (unpaired) electrons. The van der Waals surface area contributed by atoms with Crippen molar-refractivity contribution in [2.45, 2.75) is 6.42 Å². The minimum Gasteiger partial charge on any atom is -0.457 e. The average Bonchev–Trinajstić information content (AvgIpc) is 2.48. The van der Waals surface area contributed by atoms with Gasteiger partial charge in [-0.15, -0.1) is 0 Å². The fourth-order valence-electron chi connectivity index (χ4n) is 1.67. The van der Waals surface area contributed by atoms with Crippen molar-refractivity contribution in [1.29, 1.82) is 0 Å². The molecule has 0 saturated heterocycles. The van der Waals surface area contributed by atoms with E-state index in [1.165, 1.54) is 0 Å². The zero-order valence-electron chi connectivity index (χ0n) is 10.7. The summed E-state index contributed by atoms with van der Waals surface area (Å²) < 4.78 is 4.97. The number of halogens is 1. The number of hydrogen-bond donors (Lipinski definition) is 0. The topological polar surface area (TPSA) is 43.4 Å². The van der Waals surface area contributed by atoms with Gasteiger partial charge in [0.2, 0.25) is 0 Å². The number of ether oxygens (including phenoxy) is 1. The highest BCUT2D eigenvalue weighted by Gasteiger charge is 2.10. The molecule has 0 aromatic heterocycles. The molecule has 4 heteroatoms. The third-order valence-corrected chi connectivity index (χ3v) is 2.97. The monoisotopic (exact) mass is 288 g/mol. The Morgan fingerprint density at radius 1 is 0.950 bits per heavy atom. The van der Waals surface area contributed by atoms with E-state index in [2.05, 4.69) is 0 Å². The molecule has 20 heavy (non-hydrogen) atoms. The summed E-state index contributed by atoms with van der Waals surface area (Å²) in [6.07, 6.45) is 0.124. The minimum atomic E-state index is -0.434. The van der Waals surface area contributed by atoms with E-state index in [1.54, 1.807) is 48.5 Å². The number of carbonyl (C=O) groups excluding carboxylic acids is 2. The van der Waals surface area contributed by atoms with E-state index in [0.717, 1.165) is 5.56 Å². The molecule has 0 saturated carbocycles. The Hall–Kier alpha value is -2.13. The zero-order valence-corrected chi connectivity index (χ0v) is 11.5. The number of hydrogen-bond acceptors (Lipinski definition) is 3. The third kappa shape index (κ3) is 4.21. The molecule has 0 spiro atoms. The molecule has 0 bridgehead atoms. The van der Waals surface area contributed by atoms with Crippen molar-refractivity contribution in [3.63, 3.8) is 0 Å². The molecule has 0 N–H and O–H groups in total. The van der Waals surface area contributed by atoms with E-state index >= 15 is 0 Å². The first-order chi connectivity index (χ1) is 9.65. The molecule has 0 aliphatic heterocycles. The lowest BCUT2D eigenvalue weighted by atomic mass is 10.1. The predicted octanol–water partition coefficient (Wildman–Crippen LogP) is 3.31. The predicted molar refractivity (Wildman–Crippen MR) is 76.9 cm³/mol. The van der Waals surface area contributed by atoms with Gasteiger partial charge in [0.25, 0.3) is 0 Å². The Labute approximate surface area is 122 Å². The highest BCUT2D eigenvalue weighted by Crippen LogP contribution is 2.10. The zero-order chi connectivity index (χ0) is 14.4. The minimum absolute atomic E-state index is 0.124. The van der Waals surface area contributed by atoms with Gasteiger partial charge in [-0.05, 0) is 17.7 Å². The summed E-state index contributed by atoms with van der Waals surface area (Å²) in [4.78, 5) is 23.4. The second kappa shape index (κ2) is 6.87. The maximum absolute atomic E-state index is 11.8. The van der Waals surface area contributed by atoms with Gasteiger partial charge in [-0.3, -0.25) is 9.59 Å². The van der Waals surface area contributed by atoms with E-state index in [-0.39, 0.29) is 18.8 Å². The van der Waals surface area contributed by atoms with Gasteiger partial charge in [0.1, 0.15) is 0 Å². The molecule has 0 atom stereocenters. The van der Waals surface area contributed by atoms with Crippen molar-refractivity contribution >= 4 is 23.4 Å². The Bertz CT molecular complexity index is 591. The van der Waals surface area contributed by atoms with Crippen LogP contribution in [0.15, 0.2) is 54.6 Å². The van der Waals surface area contributed by atoms with Crippen LogP contribution in [0, 0.1) is 0 Å². The van der Waals surface area contributed by atoms with Crippen molar-refractivity contribution in [1.82, 2.24) is 0 Å². The maximum Gasteiger partial charge on any atom is 0.310 e. The van der Waals surface area contributed by atoms with Gasteiger partial charge in [-0.25, -0.2) is 0 Å². The summed E-state index contributed by atoms with van der Waals surface area (Å²) in [5.41, 5.74) is 1.33. The summed E-state index contributed by atoms with van der Waals surface area (Å²) in [7, 11) is 0. The summed E-state index contributed by atoms with van der Waals surface area (Å²) in [6, 6.07) is 15.7. The van der Waals surface area contributed by atoms with Crippen LogP contribution >= 0.6 is 11.6 Å². The fourth-order valence-corrected chi connectivity index (χ4v) is 1.80. The molecule has 0 heterocycles. The lowest BCUT2D eigenvalue weighted by molar-refractivity contribution is -0.141. The first kappa shape index (κ1) is 14.3. The van der Waals surface area contributed by atoms with Crippen LogP contribution in [0.2, 0.25) is 5.02 Å². The highest BCUT2D eigenvalue weighted by atomic mass is 35.5. The van der Waals surface area contributed by atoms with Gasteiger partial charge in [0.15, 0.2) is 12.4 Å². The Kier molecular flexibility index (Phi) is 4.91. The van der Waals surface area contributed by atoms with Crippen LogP contribution in [0.5, 0.6) is 0 Å². The van der Waals surface area contributed by atoms with Crippen molar-refractivity contribution in [3.05, 3.63) is 70.7 Å². The van der Waals surface area contributed by atoms with Crippen molar-refractivity contribution in [3.8, 4) is 0 Å². The van der Waals surface area contributed by atoms with Gasteiger partial charge in [-0.1, -0.05) is 54.1 Å². The van der Waals surface area contributed by atoms with Crippen LogP contribution in [-0.2, 0) is 16.0 Å². The Morgan fingerprint density at radius 3 is 2.25 bits per heavy atom. The third-order valence-electron chi connectivity index (χ3n) is 2.72. The largest absolute Gasteiger partial charge is 0.457 e. The number of benzene rings is 2. The van der Waals surface area contributed by atoms with Crippen LogP contribution < -0.4 is 0 Å². The summed E-state index contributed by atoms with van der Waals surface area (Å²) >= 11 is 5.76. The second-order valence-electron chi connectivity index (χ2n) is 4.25. The molecule has 0 aliphatic carbocycles. The van der Waals surface area contributed by atoms with Gasteiger partial charge >= 0.3 is 5.97 Å². The molecule has 3 nitrogen and oxygen atoms in total. The van der Waals surface area contributed by atoms with Gasteiger partial charge in [0.05, 0.1) is 6.42 Å². The number of carbonyl (C=O) groups is 2. The normalized spacial score (nSPS) is 10.1. The lowest BCUT2D eigenvalue weighted by Gasteiger charge is -2.04. The van der Waals surface area contributed by atoms with Crippen LogP contribution in [-0.4, -0.2) is 18.4 Å². The van der Waals surface area contributed by atoms with Crippen LogP contribution in [0.1, 0.15) is 15.9 Å². The maximum atomic E-state index is 11.8. The van der Waals surface area contributed by atoms with Crippen LogP contribution in [0.3, 0.4) is 0 Å². The van der Waals surface area contributed by atoms with E-state index in [0.29, 0.717) is 10.6 Å². The Morgan fingerprint density at radius 2 is 1.60 bits per heavy atom. The first-order valence-corrected chi connectivity index (χ1v) is 6.51. The van der Waals surface area contributed by atoms with Crippen LogP contribution in [0.4, 0.5) is 0 Å². The summed E-state index contributed by atoms with van der Waals surface area (Å²) in [6.45, 7) is -0.240.